The molecular formula is C18H24O2. The van der Waals surface area contributed by atoms with Crippen molar-refractivity contribution in [1.82, 2.24) is 0 Å². The second-order valence-electron chi connectivity index (χ2n) is 5.96. The zero-order valence-electron chi connectivity index (χ0n) is 12.5. The molecule has 108 valence electrons. The summed E-state index contributed by atoms with van der Waals surface area (Å²) in [5, 5.41) is 0. The summed E-state index contributed by atoms with van der Waals surface area (Å²) in [7, 11) is 0. The van der Waals surface area contributed by atoms with Gasteiger partial charge in [0.25, 0.3) is 0 Å². The van der Waals surface area contributed by atoms with E-state index < -0.39 is 0 Å². The Morgan fingerprint density at radius 1 is 1.40 bits per heavy atom. The molecule has 0 saturated heterocycles. The molecule has 20 heavy (non-hydrogen) atoms. The van der Waals surface area contributed by atoms with Gasteiger partial charge in [-0.2, -0.15) is 0 Å². The maximum atomic E-state index is 12.5. The van der Waals surface area contributed by atoms with Gasteiger partial charge in [0.05, 0.1) is 5.41 Å². The Bertz CT molecular complexity index is 464. The van der Waals surface area contributed by atoms with E-state index in [4.69, 9.17) is 4.74 Å². The molecule has 2 nitrogen and oxygen atoms in total. The van der Waals surface area contributed by atoms with Crippen LogP contribution in [0.3, 0.4) is 0 Å². The van der Waals surface area contributed by atoms with Crippen LogP contribution in [0.2, 0.25) is 0 Å². The molecule has 1 saturated carbocycles. The van der Waals surface area contributed by atoms with Crippen LogP contribution in [0.4, 0.5) is 0 Å². The minimum Gasteiger partial charge on any atom is -0.460 e. The molecule has 0 aromatic heterocycles. The first-order chi connectivity index (χ1) is 9.66. The number of esters is 1. The number of hydrogen-bond acceptors (Lipinski definition) is 2. The predicted octanol–water partition coefficient (Wildman–Crippen LogP) is 4.50. The number of rotatable bonds is 5. The highest BCUT2D eigenvalue weighted by molar-refractivity contribution is 5.77. The van der Waals surface area contributed by atoms with Gasteiger partial charge in [-0.15, -0.1) is 0 Å². The van der Waals surface area contributed by atoms with Crippen molar-refractivity contribution < 1.29 is 9.53 Å². The van der Waals surface area contributed by atoms with Crippen molar-refractivity contribution >= 4 is 5.97 Å². The molecule has 0 N–H and O–H groups in total. The fourth-order valence-electron chi connectivity index (χ4n) is 3.07. The van der Waals surface area contributed by atoms with Crippen LogP contribution in [0.5, 0.6) is 0 Å². The second-order valence-corrected chi connectivity index (χ2v) is 5.96. The number of hydrogen-bond donors (Lipinski definition) is 0. The van der Waals surface area contributed by atoms with E-state index in [1.807, 2.05) is 43.3 Å². The maximum Gasteiger partial charge on any atom is 0.312 e. The normalized spacial score (nSPS) is 26.0. The van der Waals surface area contributed by atoms with Crippen LogP contribution in [-0.4, -0.2) is 5.97 Å². The largest absolute Gasteiger partial charge is 0.460 e. The summed E-state index contributed by atoms with van der Waals surface area (Å²) in [6.07, 6.45) is 7.95. The molecule has 0 heterocycles. The zero-order valence-corrected chi connectivity index (χ0v) is 12.5. The van der Waals surface area contributed by atoms with Crippen molar-refractivity contribution in [2.75, 3.05) is 0 Å². The number of carbonyl (C=O) groups is 1. The number of allylic oxidation sites excluding steroid dienone is 2. The summed E-state index contributed by atoms with van der Waals surface area (Å²) in [4.78, 5) is 12.5. The number of benzene rings is 1. The van der Waals surface area contributed by atoms with Gasteiger partial charge in [-0.25, -0.2) is 0 Å². The first-order valence-corrected chi connectivity index (χ1v) is 7.48. The van der Waals surface area contributed by atoms with Gasteiger partial charge in [-0.05, 0) is 44.1 Å². The lowest BCUT2D eigenvalue weighted by atomic mass is 9.82. The van der Waals surface area contributed by atoms with Crippen molar-refractivity contribution in [3.8, 4) is 0 Å². The predicted molar refractivity (Wildman–Crippen MR) is 81.1 cm³/mol. The summed E-state index contributed by atoms with van der Waals surface area (Å²) in [5.74, 6) is 0.591. The van der Waals surface area contributed by atoms with E-state index in [2.05, 4.69) is 13.0 Å². The molecule has 0 bridgehead atoms. The van der Waals surface area contributed by atoms with E-state index in [1.54, 1.807) is 0 Å². The van der Waals surface area contributed by atoms with Crippen molar-refractivity contribution in [3.05, 3.63) is 48.0 Å². The van der Waals surface area contributed by atoms with Crippen molar-refractivity contribution in [1.29, 1.82) is 0 Å². The van der Waals surface area contributed by atoms with Crippen LogP contribution < -0.4 is 0 Å². The molecule has 1 aliphatic carbocycles. The van der Waals surface area contributed by atoms with Gasteiger partial charge in [-0.1, -0.05) is 49.4 Å². The Morgan fingerprint density at radius 3 is 2.75 bits per heavy atom. The number of carbonyl (C=O) groups excluding carboxylic acids is 1. The van der Waals surface area contributed by atoms with Gasteiger partial charge < -0.3 is 4.74 Å². The molecule has 1 fully saturated rings. The van der Waals surface area contributed by atoms with Gasteiger partial charge >= 0.3 is 5.97 Å². The maximum absolute atomic E-state index is 12.5. The highest BCUT2D eigenvalue weighted by Gasteiger charge is 2.44. The monoisotopic (exact) mass is 272 g/mol. The molecule has 1 aromatic rings. The Morgan fingerprint density at radius 2 is 2.15 bits per heavy atom. The second kappa shape index (κ2) is 6.74. The molecule has 1 unspecified atom stereocenters. The van der Waals surface area contributed by atoms with E-state index in [-0.39, 0.29) is 11.4 Å². The third-order valence-electron chi connectivity index (χ3n) is 4.24. The minimum absolute atomic E-state index is 0.0243. The highest BCUT2D eigenvalue weighted by atomic mass is 16.5. The topological polar surface area (TPSA) is 26.3 Å². The van der Waals surface area contributed by atoms with Crippen LogP contribution in [0.15, 0.2) is 42.5 Å². The molecular weight excluding hydrogens is 248 g/mol. The molecule has 0 aliphatic heterocycles. The van der Waals surface area contributed by atoms with Crippen LogP contribution in [0.1, 0.15) is 45.1 Å². The van der Waals surface area contributed by atoms with Crippen LogP contribution in [0, 0.1) is 11.3 Å². The summed E-state index contributed by atoms with van der Waals surface area (Å²) in [6.45, 7) is 4.61. The first kappa shape index (κ1) is 14.8. The standard InChI is InChI=1S/C18H24O2/c1-3-4-11-18(12-10-15(2)13-18)17(19)20-14-16-8-6-5-7-9-16/h3-9,15H,10-14H2,1-2H3/t15-,18?/m1/s1. The molecule has 2 heteroatoms. The Kier molecular flexibility index (Phi) is 4.99. The lowest BCUT2D eigenvalue weighted by Gasteiger charge is -2.25. The average Bonchev–Trinajstić information content (AvgIpc) is 2.86. The van der Waals surface area contributed by atoms with E-state index in [1.165, 1.54) is 0 Å². The van der Waals surface area contributed by atoms with E-state index in [0.29, 0.717) is 12.5 Å². The molecule has 0 radical (unpaired) electrons. The molecule has 1 aromatic carbocycles. The molecule has 0 spiro atoms. The summed E-state index contributed by atoms with van der Waals surface area (Å²) in [6, 6.07) is 9.89. The molecule has 2 rings (SSSR count). The minimum atomic E-state index is -0.291. The SMILES string of the molecule is CC=CCC1(C(=O)OCc2ccccc2)CC[C@@H](C)C1. The van der Waals surface area contributed by atoms with E-state index >= 15 is 0 Å². The Balaban J connectivity index is 2.00. The van der Waals surface area contributed by atoms with Gasteiger partial charge in [0.2, 0.25) is 0 Å². The smallest absolute Gasteiger partial charge is 0.312 e. The van der Waals surface area contributed by atoms with Crippen LogP contribution >= 0.6 is 0 Å². The zero-order chi connectivity index (χ0) is 14.4. The van der Waals surface area contributed by atoms with E-state index in [0.717, 1.165) is 31.2 Å². The molecule has 1 aliphatic rings. The third kappa shape index (κ3) is 3.50. The average molecular weight is 272 g/mol. The fraction of sp³-hybridized carbons (Fsp3) is 0.500. The van der Waals surface area contributed by atoms with Crippen LogP contribution in [-0.2, 0) is 16.1 Å². The van der Waals surface area contributed by atoms with Gasteiger partial charge in [-0.3, -0.25) is 4.79 Å². The van der Waals surface area contributed by atoms with E-state index in [9.17, 15) is 4.79 Å². The van der Waals surface area contributed by atoms with Gasteiger partial charge in [0, 0.05) is 0 Å². The summed E-state index contributed by atoms with van der Waals surface area (Å²) in [5.41, 5.74) is 0.758. The van der Waals surface area contributed by atoms with Crippen molar-refractivity contribution in [2.24, 2.45) is 11.3 Å². The van der Waals surface area contributed by atoms with Crippen molar-refractivity contribution in [2.45, 2.75) is 46.1 Å². The number of ether oxygens (including phenoxy) is 1. The Labute approximate surface area is 121 Å². The lowest BCUT2D eigenvalue weighted by Crippen LogP contribution is -2.30. The van der Waals surface area contributed by atoms with Crippen molar-refractivity contribution in [3.63, 3.8) is 0 Å². The lowest BCUT2D eigenvalue weighted by molar-refractivity contribution is -0.157. The third-order valence-corrected chi connectivity index (χ3v) is 4.24. The first-order valence-electron chi connectivity index (χ1n) is 7.48. The molecule has 0 amide bonds. The fourth-order valence-corrected chi connectivity index (χ4v) is 3.07. The highest BCUT2D eigenvalue weighted by Crippen LogP contribution is 2.45. The molecule has 2 atom stereocenters. The van der Waals surface area contributed by atoms with Gasteiger partial charge in [0.1, 0.15) is 6.61 Å². The Hall–Kier alpha value is -1.57. The van der Waals surface area contributed by atoms with Crippen LogP contribution in [0.25, 0.3) is 0 Å². The summed E-state index contributed by atoms with van der Waals surface area (Å²) >= 11 is 0. The van der Waals surface area contributed by atoms with Gasteiger partial charge in [0.15, 0.2) is 0 Å². The quantitative estimate of drug-likeness (QED) is 0.582. The summed E-state index contributed by atoms with van der Waals surface area (Å²) < 4.78 is 5.59.